The molecule has 0 unspecified atom stereocenters. The molecule has 0 aliphatic heterocycles. The number of fused-ring (bicyclic) bond motifs is 2. The van der Waals surface area contributed by atoms with Crippen molar-refractivity contribution in [3.05, 3.63) is 12.2 Å². The molecule has 0 aromatic rings. The predicted octanol–water partition coefficient (Wildman–Crippen LogP) is 0.699. The highest BCUT2D eigenvalue weighted by atomic mass is 16.5. The van der Waals surface area contributed by atoms with Gasteiger partial charge in [-0.3, -0.25) is 4.79 Å². The average Bonchev–Trinajstić information content (AvgIpc) is 2.63. The molecule has 2 bridgehead atoms. The molecule has 2 rings (SSSR count). The minimum atomic E-state index is -0.119. The number of hydrogen-bond donors (Lipinski definition) is 1. The van der Waals surface area contributed by atoms with Crippen LogP contribution in [0.1, 0.15) is 13.3 Å². The van der Waals surface area contributed by atoms with E-state index in [9.17, 15) is 4.79 Å². The molecule has 13 heavy (non-hydrogen) atoms. The van der Waals surface area contributed by atoms with E-state index in [0.29, 0.717) is 18.4 Å². The summed E-state index contributed by atoms with van der Waals surface area (Å²) in [5.41, 5.74) is 5.94. The van der Waals surface area contributed by atoms with Crippen LogP contribution in [0.15, 0.2) is 12.2 Å². The molecule has 72 valence electrons. The van der Waals surface area contributed by atoms with Gasteiger partial charge < -0.3 is 10.5 Å². The summed E-state index contributed by atoms with van der Waals surface area (Å²) in [5, 5.41) is 0. The van der Waals surface area contributed by atoms with Crippen molar-refractivity contribution in [2.75, 3.05) is 6.61 Å². The molecule has 1 fully saturated rings. The van der Waals surface area contributed by atoms with E-state index in [1.54, 1.807) is 0 Å². The molecule has 1 saturated carbocycles. The van der Waals surface area contributed by atoms with Crippen LogP contribution >= 0.6 is 0 Å². The number of carbonyl (C=O) groups is 1. The molecule has 2 aliphatic carbocycles. The van der Waals surface area contributed by atoms with Crippen molar-refractivity contribution in [3.8, 4) is 0 Å². The largest absolute Gasteiger partial charge is 0.466 e. The molecule has 0 radical (unpaired) electrons. The highest BCUT2D eigenvalue weighted by molar-refractivity contribution is 5.75. The highest BCUT2D eigenvalue weighted by Gasteiger charge is 2.46. The Balaban J connectivity index is 2.08. The van der Waals surface area contributed by atoms with Gasteiger partial charge in [0.05, 0.1) is 12.5 Å². The van der Waals surface area contributed by atoms with E-state index >= 15 is 0 Å². The first-order valence-electron chi connectivity index (χ1n) is 4.84. The first-order valence-corrected chi connectivity index (χ1v) is 4.84. The maximum absolute atomic E-state index is 11.5. The Morgan fingerprint density at radius 3 is 2.77 bits per heavy atom. The molecule has 0 spiro atoms. The Kier molecular flexibility index (Phi) is 2.12. The Morgan fingerprint density at radius 2 is 2.23 bits per heavy atom. The van der Waals surface area contributed by atoms with Crippen molar-refractivity contribution in [1.29, 1.82) is 0 Å². The minimum absolute atomic E-state index is 0.0194. The van der Waals surface area contributed by atoms with Gasteiger partial charge in [-0.05, 0) is 25.2 Å². The van der Waals surface area contributed by atoms with E-state index in [1.165, 1.54) is 0 Å². The van der Waals surface area contributed by atoms with Gasteiger partial charge in [0.1, 0.15) is 0 Å². The molecular weight excluding hydrogens is 166 g/mol. The lowest BCUT2D eigenvalue weighted by atomic mass is 9.90. The predicted molar refractivity (Wildman–Crippen MR) is 48.8 cm³/mol. The summed E-state index contributed by atoms with van der Waals surface area (Å²) in [7, 11) is 0. The second-order valence-electron chi connectivity index (χ2n) is 3.80. The lowest BCUT2D eigenvalue weighted by molar-refractivity contribution is -0.149. The van der Waals surface area contributed by atoms with Crippen LogP contribution in [0.4, 0.5) is 0 Å². The quantitative estimate of drug-likeness (QED) is 0.504. The molecule has 0 aromatic heterocycles. The van der Waals surface area contributed by atoms with E-state index in [1.807, 2.05) is 6.92 Å². The maximum Gasteiger partial charge on any atom is 0.311 e. The standard InChI is InChI=1S/C10H15NO2/c1-2-13-10(12)8-6-3-4-7(5-6)9(8)11/h3-4,6-9H,2,5,11H2,1H3/t6-,7+,8+,9-/m0/s1. The molecular formula is C10H15NO2. The number of rotatable bonds is 2. The molecule has 2 N–H and O–H groups in total. The summed E-state index contributed by atoms with van der Waals surface area (Å²) in [4.78, 5) is 11.5. The maximum atomic E-state index is 11.5. The zero-order valence-electron chi connectivity index (χ0n) is 7.77. The fourth-order valence-corrected chi connectivity index (χ4v) is 2.43. The van der Waals surface area contributed by atoms with Crippen LogP contribution in [0.5, 0.6) is 0 Å². The van der Waals surface area contributed by atoms with Gasteiger partial charge in [-0.1, -0.05) is 12.2 Å². The van der Waals surface area contributed by atoms with Crippen LogP contribution in [-0.2, 0) is 9.53 Å². The third-order valence-electron chi connectivity index (χ3n) is 3.08. The number of ether oxygens (including phenoxy) is 1. The lowest BCUT2D eigenvalue weighted by Gasteiger charge is -2.22. The van der Waals surface area contributed by atoms with Crippen LogP contribution in [0, 0.1) is 17.8 Å². The summed E-state index contributed by atoms with van der Waals surface area (Å²) in [6.07, 6.45) is 5.27. The van der Waals surface area contributed by atoms with Gasteiger partial charge in [-0.15, -0.1) is 0 Å². The topological polar surface area (TPSA) is 52.3 Å². The number of allylic oxidation sites excluding steroid dienone is 1. The summed E-state index contributed by atoms with van der Waals surface area (Å²) in [6, 6.07) is -0.0194. The minimum Gasteiger partial charge on any atom is -0.466 e. The van der Waals surface area contributed by atoms with E-state index in [-0.39, 0.29) is 17.9 Å². The monoisotopic (exact) mass is 181 g/mol. The fourth-order valence-electron chi connectivity index (χ4n) is 2.43. The first-order chi connectivity index (χ1) is 6.24. The van der Waals surface area contributed by atoms with Crippen molar-refractivity contribution < 1.29 is 9.53 Å². The van der Waals surface area contributed by atoms with Gasteiger partial charge in [0, 0.05) is 6.04 Å². The molecule has 3 nitrogen and oxygen atoms in total. The number of nitrogens with two attached hydrogens (primary N) is 1. The molecule has 2 aliphatic rings. The SMILES string of the molecule is CCOC(=O)[C@H]1[C@@H](N)[C@@H]2C=C[C@H]1C2. The third kappa shape index (κ3) is 1.27. The van der Waals surface area contributed by atoms with Crippen molar-refractivity contribution in [2.45, 2.75) is 19.4 Å². The van der Waals surface area contributed by atoms with E-state index in [4.69, 9.17) is 10.5 Å². The van der Waals surface area contributed by atoms with Crippen LogP contribution in [0.3, 0.4) is 0 Å². The summed E-state index contributed by atoms with van der Waals surface area (Å²) < 4.78 is 5.00. The zero-order valence-corrected chi connectivity index (χ0v) is 7.77. The van der Waals surface area contributed by atoms with Gasteiger partial charge in [0.25, 0.3) is 0 Å². The van der Waals surface area contributed by atoms with Gasteiger partial charge in [0.2, 0.25) is 0 Å². The summed E-state index contributed by atoms with van der Waals surface area (Å²) in [6.45, 7) is 2.27. The van der Waals surface area contributed by atoms with Crippen molar-refractivity contribution in [2.24, 2.45) is 23.5 Å². The highest BCUT2D eigenvalue weighted by Crippen LogP contribution is 2.43. The average molecular weight is 181 g/mol. The molecule has 3 heteroatoms. The Bertz CT molecular complexity index is 249. The van der Waals surface area contributed by atoms with Crippen LogP contribution in [0.25, 0.3) is 0 Å². The molecule has 0 heterocycles. The zero-order chi connectivity index (χ0) is 9.42. The van der Waals surface area contributed by atoms with Crippen LogP contribution in [-0.4, -0.2) is 18.6 Å². The molecule has 0 aromatic carbocycles. The van der Waals surface area contributed by atoms with Gasteiger partial charge in [-0.2, -0.15) is 0 Å². The Hall–Kier alpha value is -0.830. The van der Waals surface area contributed by atoms with E-state index in [2.05, 4.69) is 12.2 Å². The summed E-state index contributed by atoms with van der Waals surface area (Å²) >= 11 is 0. The Morgan fingerprint density at radius 1 is 1.54 bits per heavy atom. The third-order valence-corrected chi connectivity index (χ3v) is 3.08. The van der Waals surface area contributed by atoms with Crippen molar-refractivity contribution in [3.63, 3.8) is 0 Å². The smallest absolute Gasteiger partial charge is 0.311 e. The van der Waals surface area contributed by atoms with Crippen molar-refractivity contribution in [1.82, 2.24) is 0 Å². The van der Waals surface area contributed by atoms with Gasteiger partial charge >= 0.3 is 5.97 Å². The fraction of sp³-hybridized carbons (Fsp3) is 0.700. The molecule has 4 atom stereocenters. The number of hydrogen-bond acceptors (Lipinski definition) is 3. The second-order valence-corrected chi connectivity index (χ2v) is 3.80. The second kappa shape index (κ2) is 3.14. The first kappa shape index (κ1) is 8.75. The van der Waals surface area contributed by atoms with Crippen LogP contribution in [0.2, 0.25) is 0 Å². The normalized spacial score (nSPS) is 41.1. The van der Waals surface area contributed by atoms with Crippen LogP contribution < -0.4 is 5.73 Å². The van der Waals surface area contributed by atoms with Gasteiger partial charge in [0.15, 0.2) is 0 Å². The number of carbonyl (C=O) groups excluding carboxylic acids is 1. The van der Waals surface area contributed by atoms with E-state index < -0.39 is 0 Å². The summed E-state index contributed by atoms with van der Waals surface area (Å²) in [5.74, 6) is 0.528. The number of esters is 1. The van der Waals surface area contributed by atoms with E-state index in [0.717, 1.165) is 6.42 Å². The molecule has 0 saturated heterocycles. The van der Waals surface area contributed by atoms with Gasteiger partial charge in [-0.25, -0.2) is 0 Å². The lowest BCUT2D eigenvalue weighted by Crippen LogP contribution is -2.39. The molecule has 0 amide bonds. The van der Waals surface area contributed by atoms with Crippen molar-refractivity contribution >= 4 is 5.97 Å². The Labute approximate surface area is 77.9 Å².